The zero-order valence-corrected chi connectivity index (χ0v) is 17.4. The fourth-order valence-electron chi connectivity index (χ4n) is 3.62. The van der Waals surface area contributed by atoms with Crippen molar-refractivity contribution >= 4 is 16.7 Å². The molecule has 0 saturated carbocycles. The number of aryl methyl sites for hydroxylation is 1. The Labute approximate surface area is 176 Å². The maximum atomic E-state index is 14.7. The van der Waals surface area contributed by atoms with E-state index in [1.54, 1.807) is 18.8 Å². The molecule has 0 aliphatic rings. The van der Waals surface area contributed by atoms with Crippen molar-refractivity contribution in [1.82, 2.24) is 24.5 Å². The van der Waals surface area contributed by atoms with Gasteiger partial charge in [0.25, 0.3) is 5.56 Å². The number of nitrogen functional groups attached to an aromatic ring is 1. The summed E-state index contributed by atoms with van der Waals surface area (Å²) in [7, 11) is 3.38. The third-order valence-electron chi connectivity index (χ3n) is 5.39. The number of hydrogen-bond acceptors (Lipinski definition) is 6. The molecule has 0 bridgehead atoms. The van der Waals surface area contributed by atoms with Gasteiger partial charge in [-0.1, -0.05) is 6.07 Å². The number of aromatic amines is 1. The van der Waals surface area contributed by atoms with Crippen LogP contribution in [0.5, 0.6) is 0 Å². The second-order valence-corrected chi connectivity index (χ2v) is 7.58. The van der Waals surface area contributed by atoms with Crippen LogP contribution in [-0.4, -0.2) is 31.7 Å². The SMILES string of the molecule is COC(C)(C)c1cc(-c2cn(-c3c(F)cccc3C#N)c(=O)c3c(N)n[nH]c23)nn1C. The van der Waals surface area contributed by atoms with Crippen LogP contribution >= 0.6 is 0 Å². The summed E-state index contributed by atoms with van der Waals surface area (Å²) in [6.07, 6.45) is 1.44. The highest BCUT2D eigenvalue weighted by atomic mass is 19.1. The first-order valence-corrected chi connectivity index (χ1v) is 9.37. The number of rotatable bonds is 4. The third-order valence-corrected chi connectivity index (χ3v) is 5.39. The fourth-order valence-corrected chi connectivity index (χ4v) is 3.62. The van der Waals surface area contributed by atoms with Crippen molar-refractivity contribution in [2.24, 2.45) is 7.05 Å². The number of nitrogens with zero attached hydrogens (tertiary/aromatic N) is 5. The lowest BCUT2D eigenvalue weighted by atomic mass is 10.0. The van der Waals surface area contributed by atoms with Gasteiger partial charge in [-0.2, -0.15) is 15.5 Å². The fraction of sp³-hybridized carbons (Fsp3) is 0.238. The van der Waals surface area contributed by atoms with Crippen LogP contribution in [0.4, 0.5) is 10.2 Å². The number of nitrogens with one attached hydrogen (secondary N) is 1. The standard InChI is InChI=1S/C21H20FN7O2/c1-21(2,31-4)15-8-14(27-28(15)3)12-10-29(18-11(9-23)6-5-7-13(18)22)20(30)16-17(12)25-26-19(16)24/h5-8,10H,1-4H3,(H3,24,25,26). The Morgan fingerprint density at radius 2 is 2.10 bits per heavy atom. The number of pyridine rings is 1. The molecule has 4 aromatic rings. The normalized spacial score (nSPS) is 11.7. The molecule has 0 atom stereocenters. The number of hydrogen-bond donors (Lipinski definition) is 2. The molecule has 31 heavy (non-hydrogen) atoms. The summed E-state index contributed by atoms with van der Waals surface area (Å²) < 4.78 is 23.0. The van der Waals surface area contributed by atoms with E-state index in [1.165, 1.54) is 24.4 Å². The van der Waals surface area contributed by atoms with Gasteiger partial charge in [-0.15, -0.1) is 0 Å². The zero-order valence-electron chi connectivity index (χ0n) is 17.4. The molecule has 0 aliphatic heterocycles. The van der Waals surface area contributed by atoms with Crippen LogP contribution in [0, 0.1) is 17.1 Å². The molecule has 4 rings (SSSR count). The minimum atomic E-state index is -0.712. The first-order chi connectivity index (χ1) is 14.7. The Hall–Kier alpha value is -3.97. The van der Waals surface area contributed by atoms with Crippen molar-refractivity contribution in [3.8, 4) is 23.0 Å². The minimum Gasteiger partial charge on any atom is -0.382 e. The molecule has 3 aromatic heterocycles. The van der Waals surface area contributed by atoms with Gasteiger partial charge in [0.1, 0.15) is 28.6 Å². The third kappa shape index (κ3) is 3.06. The number of nitrogens with two attached hydrogens (primary N) is 1. The van der Waals surface area contributed by atoms with Crippen molar-refractivity contribution in [3.63, 3.8) is 0 Å². The lowest BCUT2D eigenvalue weighted by molar-refractivity contribution is 0.0123. The number of H-pyrrole nitrogens is 1. The number of para-hydroxylation sites is 1. The average Bonchev–Trinajstić information content (AvgIpc) is 3.32. The number of ether oxygens (including phenoxy) is 1. The van der Waals surface area contributed by atoms with Crippen LogP contribution in [0.15, 0.2) is 35.3 Å². The number of aromatic nitrogens is 5. The average molecular weight is 421 g/mol. The van der Waals surface area contributed by atoms with Crippen molar-refractivity contribution in [1.29, 1.82) is 5.26 Å². The lowest BCUT2D eigenvalue weighted by Crippen LogP contribution is -2.22. The number of halogens is 1. The molecule has 0 amide bonds. The maximum Gasteiger partial charge on any atom is 0.268 e. The number of anilines is 1. The summed E-state index contributed by atoms with van der Waals surface area (Å²) in [5.74, 6) is -0.741. The topological polar surface area (TPSA) is 128 Å². The van der Waals surface area contributed by atoms with Gasteiger partial charge in [-0.3, -0.25) is 19.1 Å². The van der Waals surface area contributed by atoms with E-state index in [9.17, 15) is 14.4 Å². The van der Waals surface area contributed by atoms with Crippen molar-refractivity contribution in [2.75, 3.05) is 12.8 Å². The summed E-state index contributed by atoms with van der Waals surface area (Å²) >= 11 is 0. The van der Waals surface area contributed by atoms with Gasteiger partial charge in [0, 0.05) is 25.9 Å². The molecule has 10 heteroatoms. The number of fused-ring (bicyclic) bond motifs is 1. The quantitative estimate of drug-likeness (QED) is 0.521. The summed E-state index contributed by atoms with van der Waals surface area (Å²) in [5.41, 5.74) is 6.70. The van der Waals surface area contributed by atoms with E-state index >= 15 is 0 Å². The van der Waals surface area contributed by atoms with Crippen molar-refractivity contribution in [3.05, 3.63) is 57.9 Å². The van der Waals surface area contributed by atoms with Crippen molar-refractivity contribution < 1.29 is 9.13 Å². The molecule has 0 fully saturated rings. The minimum absolute atomic E-state index is 0.0108. The smallest absolute Gasteiger partial charge is 0.268 e. The molecule has 1 aromatic carbocycles. The van der Waals surface area contributed by atoms with E-state index in [0.717, 1.165) is 10.3 Å². The summed E-state index contributed by atoms with van der Waals surface area (Å²) in [4.78, 5) is 13.2. The predicted octanol–water partition coefficient (Wildman–Crippen LogP) is 2.59. The van der Waals surface area contributed by atoms with Crippen LogP contribution in [0.2, 0.25) is 0 Å². The first kappa shape index (κ1) is 20.3. The highest BCUT2D eigenvalue weighted by Gasteiger charge is 2.27. The van der Waals surface area contributed by atoms with E-state index < -0.39 is 17.0 Å². The number of methoxy groups -OCH3 is 1. The first-order valence-electron chi connectivity index (χ1n) is 9.37. The predicted molar refractivity (Wildman–Crippen MR) is 113 cm³/mol. The molecule has 0 unspecified atom stereocenters. The lowest BCUT2D eigenvalue weighted by Gasteiger charge is -2.22. The highest BCUT2D eigenvalue weighted by molar-refractivity contribution is 5.97. The van der Waals surface area contributed by atoms with Crippen molar-refractivity contribution in [2.45, 2.75) is 19.4 Å². The van der Waals surface area contributed by atoms with Gasteiger partial charge in [0.05, 0.1) is 22.5 Å². The molecule has 158 valence electrons. The second-order valence-electron chi connectivity index (χ2n) is 7.58. The van der Waals surface area contributed by atoms with Crippen LogP contribution in [0.3, 0.4) is 0 Å². The van der Waals surface area contributed by atoms with E-state index in [4.69, 9.17) is 10.5 Å². The van der Waals surface area contributed by atoms with Gasteiger partial charge in [-0.05, 0) is 32.0 Å². The Morgan fingerprint density at radius 1 is 1.35 bits per heavy atom. The van der Waals surface area contributed by atoms with Crippen LogP contribution in [-0.2, 0) is 17.4 Å². The Kier molecular flexibility index (Phi) is 4.63. The largest absolute Gasteiger partial charge is 0.382 e. The van der Waals surface area contributed by atoms with Crippen LogP contribution in [0.1, 0.15) is 25.1 Å². The second kappa shape index (κ2) is 7.07. The summed E-state index contributed by atoms with van der Waals surface area (Å²) in [6.45, 7) is 3.80. The molecule has 0 aliphatic carbocycles. The van der Waals surface area contributed by atoms with Gasteiger partial charge in [0.15, 0.2) is 5.82 Å². The molecule has 0 radical (unpaired) electrons. The summed E-state index contributed by atoms with van der Waals surface area (Å²) in [6, 6.07) is 7.78. The van der Waals surface area contributed by atoms with Gasteiger partial charge in [0.2, 0.25) is 0 Å². The van der Waals surface area contributed by atoms with E-state index in [-0.39, 0.29) is 22.5 Å². The van der Waals surface area contributed by atoms with Crippen LogP contribution < -0.4 is 11.3 Å². The van der Waals surface area contributed by atoms with Gasteiger partial charge in [-0.25, -0.2) is 4.39 Å². The molecular weight excluding hydrogens is 401 g/mol. The Balaban J connectivity index is 2.09. The van der Waals surface area contributed by atoms with Gasteiger partial charge >= 0.3 is 0 Å². The molecule has 9 nitrogen and oxygen atoms in total. The Morgan fingerprint density at radius 3 is 2.77 bits per heavy atom. The molecule has 0 spiro atoms. The van der Waals surface area contributed by atoms with Crippen LogP contribution in [0.25, 0.3) is 27.8 Å². The summed E-state index contributed by atoms with van der Waals surface area (Å²) in [5, 5.41) is 20.8. The zero-order chi connectivity index (χ0) is 22.5. The highest BCUT2D eigenvalue weighted by Crippen LogP contribution is 2.32. The van der Waals surface area contributed by atoms with Gasteiger partial charge < -0.3 is 10.5 Å². The monoisotopic (exact) mass is 421 g/mol. The molecular formula is C21H20FN7O2. The Bertz CT molecular complexity index is 1420. The maximum absolute atomic E-state index is 14.7. The van der Waals surface area contributed by atoms with E-state index in [0.29, 0.717) is 16.8 Å². The number of nitriles is 1. The van der Waals surface area contributed by atoms with E-state index in [2.05, 4.69) is 15.3 Å². The molecule has 3 N–H and O–H groups in total. The number of benzene rings is 1. The van der Waals surface area contributed by atoms with E-state index in [1.807, 2.05) is 26.0 Å². The molecule has 0 saturated heterocycles. The molecule has 3 heterocycles.